The summed E-state index contributed by atoms with van der Waals surface area (Å²) in [4.78, 5) is 37.7. The van der Waals surface area contributed by atoms with Gasteiger partial charge >= 0.3 is 0 Å². The molecular formula is C32H37FN4O3. The molecule has 3 aromatic rings. The minimum Gasteiger partial charge on any atom is -0.370 e. The molecule has 7 nitrogen and oxygen atoms in total. The van der Waals surface area contributed by atoms with Crippen molar-refractivity contribution in [2.24, 2.45) is 5.92 Å². The van der Waals surface area contributed by atoms with E-state index >= 15 is 0 Å². The number of carbonyl (C=O) groups is 2. The summed E-state index contributed by atoms with van der Waals surface area (Å²) in [6.45, 7) is 6.98. The molecule has 8 heteroatoms. The fraction of sp³-hybridized carbons (Fsp3) is 0.469. The third-order valence-corrected chi connectivity index (χ3v) is 8.95. The average Bonchev–Trinajstić information content (AvgIpc) is 3.81. The number of fused-ring (bicyclic) bond motifs is 1. The van der Waals surface area contributed by atoms with Crippen LogP contribution in [0.25, 0.3) is 10.9 Å². The Bertz CT molecular complexity index is 1380. The van der Waals surface area contributed by atoms with Crippen molar-refractivity contribution in [2.75, 3.05) is 57.5 Å². The minimum atomic E-state index is -0.562. The predicted molar refractivity (Wildman–Crippen MR) is 153 cm³/mol. The largest absolute Gasteiger partial charge is 0.370 e. The lowest BCUT2D eigenvalue weighted by Gasteiger charge is -2.42. The van der Waals surface area contributed by atoms with Crippen molar-refractivity contribution in [3.8, 4) is 0 Å². The molecule has 0 atom stereocenters. The van der Waals surface area contributed by atoms with Crippen LogP contribution in [0.15, 0.2) is 54.7 Å². The van der Waals surface area contributed by atoms with Crippen LogP contribution >= 0.6 is 0 Å². The lowest BCUT2D eigenvalue weighted by Crippen LogP contribution is -2.50. The molecule has 0 N–H and O–H groups in total. The van der Waals surface area contributed by atoms with Gasteiger partial charge in [-0.05, 0) is 62.3 Å². The van der Waals surface area contributed by atoms with Crippen molar-refractivity contribution >= 4 is 28.3 Å². The van der Waals surface area contributed by atoms with Crippen molar-refractivity contribution in [3.63, 3.8) is 0 Å². The SMILES string of the molecule is CC(=O)C1(c2ccccc2)CCN(c2c(C(=O)N3CCN(COCC4CC4)CC3)cnc3ccc(F)cc23)CC1. The van der Waals surface area contributed by atoms with Crippen LogP contribution < -0.4 is 4.90 Å². The van der Waals surface area contributed by atoms with Crippen molar-refractivity contribution in [2.45, 2.75) is 38.0 Å². The van der Waals surface area contributed by atoms with E-state index in [1.54, 1.807) is 19.2 Å². The van der Waals surface area contributed by atoms with Crippen LogP contribution in [0.3, 0.4) is 0 Å². The second kappa shape index (κ2) is 11.3. The number of benzene rings is 2. The summed E-state index contributed by atoms with van der Waals surface area (Å²) in [6, 6.07) is 14.5. The Kier molecular flexibility index (Phi) is 7.55. The van der Waals surface area contributed by atoms with Crippen LogP contribution in [0, 0.1) is 11.7 Å². The molecule has 6 rings (SSSR count). The molecule has 1 amide bonds. The number of halogens is 1. The molecule has 1 aromatic heterocycles. The van der Waals surface area contributed by atoms with Gasteiger partial charge in [-0.25, -0.2) is 4.39 Å². The first-order chi connectivity index (χ1) is 19.4. The lowest BCUT2D eigenvalue weighted by molar-refractivity contribution is -0.123. The molecule has 2 saturated heterocycles. The second-order valence-electron chi connectivity index (χ2n) is 11.5. The molecule has 0 bridgehead atoms. The number of anilines is 1. The summed E-state index contributed by atoms with van der Waals surface area (Å²) in [7, 11) is 0. The van der Waals surface area contributed by atoms with Gasteiger partial charge in [-0.2, -0.15) is 0 Å². The molecule has 40 heavy (non-hydrogen) atoms. The van der Waals surface area contributed by atoms with E-state index in [1.165, 1.54) is 25.0 Å². The van der Waals surface area contributed by atoms with Crippen molar-refractivity contribution < 1.29 is 18.7 Å². The zero-order valence-corrected chi connectivity index (χ0v) is 23.2. The number of nitrogens with zero attached hydrogens (tertiary/aromatic N) is 4. The molecule has 1 saturated carbocycles. The van der Waals surface area contributed by atoms with Crippen LogP contribution in [-0.2, 0) is 14.9 Å². The number of carbonyl (C=O) groups excluding carboxylic acids is 2. The quantitative estimate of drug-likeness (QED) is 0.412. The number of amides is 1. The number of pyridine rings is 1. The number of aromatic nitrogens is 1. The lowest BCUT2D eigenvalue weighted by atomic mass is 9.70. The highest BCUT2D eigenvalue weighted by atomic mass is 19.1. The van der Waals surface area contributed by atoms with Crippen molar-refractivity contribution in [1.82, 2.24) is 14.8 Å². The zero-order valence-electron chi connectivity index (χ0n) is 23.2. The van der Waals surface area contributed by atoms with Gasteiger partial charge in [0.25, 0.3) is 5.91 Å². The van der Waals surface area contributed by atoms with Gasteiger partial charge in [0.1, 0.15) is 11.6 Å². The summed E-state index contributed by atoms with van der Waals surface area (Å²) < 4.78 is 20.4. The van der Waals surface area contributed by atoms with Gasteiger partial charge in [-0.1, -0.05) is 30.3 Å². The molecule has 3 fully saturated rings. The number of ketones is 1. The van der Waals surface area contributed by atoms with E-state index in [2.05, 4.69) is 14.8 Å². The summed E-state index contributed by atoms with van der Waals surface area (Å²) in [5, 5.41) is 0.632. The van der Waals surface area contributed by atoms with Crippen LogP contribution in [-0.4, -0.2) is 79.1 Å². The maximum absolute atomic E-state index is 14.5. The second-order valence-corrected chi connectivity index (χ2v) is 11.5. The van der Waals surface area contributed by atoms with Gasteiger partial charge in [0, 0.05) is 50.9 Å². The van der Waals surface area contributed by atoms with E-state index in [-0.39, 0.29) is 17.5 Å². The number of Topliss-reactive ketones (excluding diaryl/α,β-unsaturated/α-hetero) is 1. The van der Waals surface area contributed by atoms with Gasteiger partial charge in [0.2, 0.25) is 0 Å². The molecule has 0 spiro atoms. The third kappa shape index (κ3) is 5.34. The Balaban J connectivity index is 1.24. The monoisotopic (exact) mass is 544 g/mol. The highest BCUT2D eigenvalue weighted by Gasteiger charge is 2.41. The average molecular weight is 545 g/mol. The van der Waals surface area contributed by atoms with Gasteiger partial charge in [0.15, 0.2) is 0 Å². The van der Waals surface area contributed by atoms with Gasteiger partial charge in [0.05, 0.1) is 35.5 Å². The standard InChI is InChI=1S/C32H37FN4O3/c1-23(38)32(25-5-3-2-4-6-25)11-13-36(14-12-32)30-27-19-26(33)9-10-29(27)34-20-28(30)31(39)37-17-15-35(16-18-37)22-40-21-24-7-8-24/h2-6,9-10,19-20,24H,7-8,11-18,21-22H2,1H3. The van der Waals surface area contributed by atoms with E-state index < -0.39 is 5.41 Å². The first kappa shape index (κ1) is 26.8. The van der Waals surface area contributed by atoms with Crippen LogP contribution in [0.1, 0.15) is 48.5 Å². The highest BCUT2D eigenvalue weighted by Crippen LogP contribution is 2.40. The number of piperazine rings is 1. The van der Waals surface area contributed by atoms with Crippen molar-refractivity contribution in [3.05, 3.63) is 71.7 Å². The summed E-state index contributed by atoms with van der Waals surface area (Å²) in [5.41, 5.74) is 2.33. The van der Waals surface area contributed by atoms with Gasteiger partial charge in [-0.15, -0.1) is 0 Å². The highest BCUT2D eigenvalue weighted by molar-refractivity contribution is 6.07. The zero-order chi connectivity index (χ0) is 27.7. The van der Waals surface area contributed by atoms with E-state index in [1.807, 2.05) is 35.2 Å². The van der Waals surface area contributed by atoms with E-state index in [0.29, 0.717) is 62.2 Å². The fourth-order valence-electron chi connectivity index (χ4n) is 6.24. The van der Waals surface area contributed by atoms with Gasteiger partial charge in [-0.3, -0.25) is 19.5 Å². The maximum atomic E-state index is 14.5. The summed E-state index contributed by atoms with van der Waals surface area (Å²) >= 11 is 0. The molecule has 210 valence electrons. The molecule has 2 aromatic carbocycles. The number of rotatable bonds is 8. The Hall–Kier alpha value is -3.36. The van der Waals surface area contributed by atoms with E-state index in [4.69, 9.17) is 4.74 Å². The Morgan fingerprint density at radius 3 is 2.40 bits per heavy atom. The first-order valence-corrected chi connectivity index (χ1v) is 14.4. The van der Waals surface area contributed by atoms with E-state index in [9.17, 15) is 14.0 Å². The molecule has 1 aliphatic carbocycles. The van der Waals surface area contributed by atoms with Crippen molar-refractivity contribution in [1.29, 1.82) is 0 Å². The molecule has 2 aliphatic heterocycles. The Labute approximate surface area is 234 Å². The van der Waals surface area contributed by atoms with E-state index in [0.717, 1.165) is 36.9 Å². The Morgan fingerprint density at radius 2 is 1.73 bits per heavy atom. The van der Waals surface area contributed by atoms with Crippen LogP contribution in [0.2, 0.25) is 0 Å². The van der Waals surface area contributed by atoms with Gasteiger partial charge < -0.3 is 14.5 Å². The molecule has 3 heterocycles. The maximum Gasteiger partial charge on any atom is 0.257 e. The summed E-state index contributed by atoms with van der Waals surface area (Å²) in [5.74, 6) is 0.437. The smallest absolute Gasteiger partial charge is 0.257 e. The fourth-order valence-corrected chi connectivity index (χ4v) is 6.24. The molecule has 3 aliphatic rings. The molecular weight excluding hydrogens is 507 g/mol. The van der Waals surface area contributed by atoms with Crippen LogP contribution in [0.5, 0.6) is 0 Å². The normalized spacial score (nSPS) is 19.6. The number of piperidine rings is 1. The summed E-state index contributed by atoms with van der Waals surface area (Å²) in [6.07, 6.45) is 5.44. The Morgan fingerprint density at radius 1 is 1.00 bits per heavy atom. The van der Waals surface area contributed by atoms with Crippen LogP contribution in [0.4, 0.5) is 10.1 Å². The predicted octanol–water partition coefficient (Wildman–Crippen LogP) is 4.64. The topological polar surface area (TPSA) is 66.0 Å². The third-order valence-electron chi connectivity index (χ3n) is 8.95. The number of hydrogen-bond acceptors (Lipinski definition) is 6. The molecule has 0 unspecified atom stereocenters. The molecule has 0 radical (unpaired) electrons. The first-order valence-electron chi connectivity index (χ1n) is 14.4. The number of ether oxygens (including phenoxy) is 1. The minimum absolute atomic E-state index is 0.0846. The number of hydrogen-bond donors (Lipinski definition) is 0.